The maximum absolute atomic E-state index is 12.8. The molecule has 0 spiro atoms. The fourth-order valence-corrected chi connectivity index (χ4v) is 2.18. The van der Waals surface area contributed by atoms with Gasteiger partial charge in [-0.15, -0.1) is 0 Å². The first-order valence-electron chi connectivity index (χ1n) is 5.17. The van der Waals surface area contributed by atoms with Gasteiger partial charge in [-0.1, -0.05) is 46.4 Å². The first-order chi connectivity index (χ1) is 9.40. The molecule has 3 nitrogen and oxygen atoms in total. The molecule has 0 aliphatic carbocycles. The maximum Gasteiger partial charge on any atom is 0.275 e. The molecule has 0 aliphatic heterocycles. The molecule has 1 heterocycles. The van der Waals surface area contributed by atoms with E-state index in [2.05, 4.69) is 10.3 Å². The Balaban J connectivity index is 2.32. The quantitative estimate of drug-likeness (QED) is 0.764. The average Bonchev–Trinajstić information content (AvgIpc) is 2.43. The topological polar surface area (TPSA) is 42.0 Å². The van der Waals surface area contributed by atoms with Crippen molar-refractivity contribution in [2.45, 2.75) is 0 Å². The summed E-state index contributed by atoms with van der Waals surface area (Å²) in [6.07, 6.45) is 0. The molecule has 20 heavy (non-hydrogen) atoms. The van der Waals surface area contributed by atoms with Gasteiger partial charge in [0.1, 0.15) is 16.7 Å². The van der Waals surface area contributed by atoms with Gasteiger partial charge < -0.3 is 5.32 Å². The lowest BCUT2D eigenvalue weighted by Gasteiger charge is -2.09. The van der Waals surface area contributed by atoms with E-state index in [0.717, 1.165) is 0 Å². The number of pyridine rings is 1. The van der Waals surface area contributed by atoms with Crippen LogP contribution in [0, 0.1) is 5.82 Å². The number of nitrogens with zero attached hydrogens (tertiary/aromatic N) is 1. The van der Waals surface area contributed by atoms with Crippen molar-refractivity contribution in [2.24, 2.45) is 0 Å². The van der Waals surface area contributed by atoms with Crippen LogP contribution in [-0.2, 0) is 0 Å². The number of hydrogen-bond donors (Lipinski definition) is 1. The van der Waals surface area contributed by atoms with Crippen LogP contribution in [0.1, 0.15) is 10.5 Å². The third kappa shape index (κ3) is 3.15. The van der Waals surface area contributed by atoms with Crippen molar-refractivity contribution < 1.29 is 9.18 Å². The summed E-state index contributed by atoms with van der Waals surface area (Å²) in [7, 11) is 0. The Labute approximate surface area is 133 Å². The van der Waals surface area contributed by atoms with Crippen LogP contribution >= 0.6 is 46.4 Å². The van der Waals surface area contributed by atoms with E-state index in [1.165, 1.54) is 24.3 Å². The van der Waals surface area contributed by atoms with Crippen LogP contribution < -0.4 is 5.32 Å². The molecule has 1 N–H and O–H groups in total. The van der Waals surface area contributed by atoms with Gasteiger partial charge in [-0.3, -0.25) is 4.79 Å². The van der Waals surface area contributed by atoms with Gasteiger partial charge in [0.25, 0.3) is 5.91 Å². The highest BCUT2D eigenvalue weighted by Crippen LogP contribution is 2.36. The van der Waals surface area contributed by atoms with E-state index in [9.17, 15) is 9.18 Å². The largest absolute Gasteiger partial charge is 0.321 e. The average molecular weight is 354 g/mol. The highest BCUT2D eigenvalue weighted by atomic mass is 35.5. The second kappa shape index (κ2) is 6.14. The van der Waals surface area contributed by atoms with Gasteiger partial charge in [-0.05, 0) is 24.3 Å². The van der Waals surface area contributed by atoms with Crippen LogP contribution in [0.4, 0.5) is 10.1 Å². The van der Waals surface area contributed by atoms with Crippen molar-refractivity contribution >= 4 is 58.0 Å². The molecule has 0 fully saturated rings. The van der Waals surface area contributed by atoms with E-state index in [-0.39, 0.29) is 25.9 Å². The summed E-state index contributed by atoms with van der Waals surface area (Å²) in [5.74, 6) is -1.06. The van der Waals surface area contributed by atoms with Gasteiger partial charge in [0.2, 0.25) is 0 Å². The van der Waals surface area contributed by atoms with Crippen molar-refractivity contribution in [3.63, 3.8) is 0 Å². The first kappa shape index (κ1) is 15.3. The molecule has 0 aliphatic rings. The van der Waals surface area contributed by atoms with Gasteiger partial charge in [-0.2, -0.15) is 0 Å². The standard InChI is InChI=1S/C12H5Cl4FN2O/c13-7-8(14)10(19-11(16)9(7)15)12(20)18-6-3-1-5(17)2-4-6/h1-4H,(H,18,20). The van der Waals surface area contributed by atoms with Crippen LogP contribution in [0.2, 0.25) is 20.2 Å². The summed E-state index contributed by atoms with van der Waals surface area (Å²) < 4.78 is 12.8. The zero-order valence-electron chi connectivity index (χ0n) is 9.55. The lowest BCUT2D eigenvalue weighted by atomic mass is 10.3. The third-order valence-electron chi connectivity index (χ3n) is 2.30. The molecule has 1 aromatic carbocycles. The number of aromatic nitrogens is 1. The van der Waals surface area contributed by atoms with Crippen LogP contribution in [0.25, 0.3) is 0 Å². The number of anilines is 1. The van der Waals surface area contributed by atoms with E-state index in [1.807, 2.05) is 0 Å². The molecule has 0 saturated heterocycles. The van der Waals surface area contributed by atoms with Crippen molar-refractivity contribution in [3.05, 3.63) is 56.0 Å². The molecule has 0 saturated carbocycles. The van der Waals surface area contributed by atoms with Crippen molar-refractivity contribution in [1.29, 1.82) is 0 Å². The molecule has 1 amide bonds. The number of carbonyl (C=O) groups excluding carboxylic acids is 1. The minimum atomic E-state index is -0.637. The lowest BCUT2D eigenvalue weighted by Crippen LogP contribution is -2.14. The zero-order chi connectivity index (χ0) is 14.9. The monoisotopic (exact) mass is 352 g/mol. The lowest BCUT2D eigenvalue weighted by molar-refractivity contribution is 0.102. The molecule has 0 bridgehead atoms. The molecule has 8 heteroatoms. The van der Waals surface area contributed by atoms with Gasteiger partial charge in [0.05, 0.1) is 15.1 Å². The highest BCUT2D eigenvalue weighted by molar-refractivity contribution is 6.52. The predicted octanol–water partition coefficient (Wildman–Crippen LogP) is 5.09. The number of amides is 1. The van der Waals surface area contributed by atoms with Crippen molar-refractivity contribution in [1.82, 2.24) is 4.98 Å². The number of nitrogens with one attached hydrogen (secondary N) is 1. The Bertz CT molecular complexity index is 676. The Morgan fingerprint density at radius 3 is 2.20 bits per heavy atom. The normalized spacial score (nSPS) is 10.4. The summed E-state index contributed by atoms with van der Waals surface area (Å²) in [5.41, 5.74) is 0.201. The highest BCUT2D eigenvalue weighted by Gasteiger charge is 2.20. The second-order valence-corrected chi connectivity index (χ2v) is 5.15. The molecule has 2 rings (SSSR count). The van der Waals surface area contributed by atoms with Gasteiger partial charge in [0.15, 0.2) is 0 Å². The molecule has 1 aromatic heterocycles. The summed E-state index contributed by atoms with van der Waals surface area (Å²) in [4.78, 5) is 15.8. The minimum absolute atomic E-state index is 0.0309. The summed E-state index contributed by atoms with van der Waals surface area (Å²) >= 11 is 23.2. The van der Waals surface area contributed by atoms with Gasteiger partial charge >= 0.3 is 0 Å². The molecule has 0 radical (unpaired) electrons. The van der Waals surface area contributed by atoms with Crippen LogP contribution in [0.5, 0.6) is 0 Å². The van der Waals surface area contributed by atoms with Crippen molar-refractivity contribution in [3.8, 4) is 0 Å². The Morgan fingerprint density at radius 1 is 1.00 bits per heavy atom. The minimum Gasteiger partial charge on any atom is -0.321 e. The zero-order valence-corrected chi connectivity index (χ0v) is 12.6. The molecule has 0 unspecified atom stereocenters. The molecular weight excluding hydrogens is 349 g/mol. The Morgan fingerprint density at radius 2 is 1.60 bits per heavy atom. The molecule has 2 aromatic rings. The van der Waals surface area contributed by atoms with E-state index in [1.54, 1.807) is 0 Å². The number of rotatable bonds is 2. The van der Waals surface area contributed by atoms with E-state index < -0.39 is 11.7 Å². The summed E-state index contributed by atoms with van der Waals surface area (Å²) in [6.45, 7) is 0. The SMILES string of the molecule is O=C(Nc1ccc(F)cc1)c1nc(Cl)c(Cl)c(Cl)c1Cl. The number of halogens is 5. The van der Waals surface area contributed by atoms with E-state index in [4.69, 9.17) is 46.4 Å². The van der Waals surface area contributed by atoms with E-state index in [0.29, 0.717) is 5.69 Å². The van der Waals surface area contributed by atoms with Gasteiger partial charge in [0, 0.05) is 5.69 Å². The van der Waals surface area contributed by atoms with Crippen molar-refractivity contribution in [2.75, 3.05) is 5.32 Å². The Kier molecular flexibility index (Phi) is 4.70. The molecule has 104 valence electrons. The second-order valence-electron chi connectivity index (χ2n) is 3.65. The fraction of sp³-hybridized carbons (Fsp3) is 0. The number of hydrogen-bond acceptors (Lipinski definition) is 2. The molecule has 0 atom stereocenters. The smallest absolute Gasteiger partial charge is 0.275 e. The third-order valence-corrected chi connectivity index (χ3v) is 3.98. The number of carbonyl (C=O) groups is 1. The van der Waals surface area contributed by atoms with Gasteiger partial charge in [-0.25, -0.2) is 9.37 Å². The van der Waals surface area contributed by atoms with Crippen LogP contribution in [0.15, 0.2) is 24.3 Å². The Hall–Kier alpha value is -1.07. The molecular formula is C12H5Cl4FN2O. The maximum atomic E-state index is 12.8. The van der Waals surface area contributed by atoms with Crippen LogP contribution in [0.3, 0.4) is 0 Å². The van der Waals surface area contributed by atoms with Crippen LogP contribution in [-0.4, -0.2) is 10.9 Å². The summed E-state index contributed by atoms with van der Waals surface area (Å²) in [5, 5.41) is 2.15. The fourth-order valence-electron chi connectivity index (χ4n) is 1.36. The first-order valence-corrected chi connectivity index (χ1v) is 6.68. The predicted molar refractivity (Wildman–Crippen MR) is 78.6 cm³/mol. The van der Waals surface area contributed by atoms with E-state index >= 15 is 0 Å². The number of benzene rings is 1. The summed E-state index contributed by atoms with van der Waals surface area (Å²) in [6, 6.07) is 5.18.